The van der Waals surface area contributed by atoms with Crippen LogP contribution in [0.1, 0.15) is 29.0 Å². The number of furan rings is 1. The van der Waals surface area contributed by atoms with Crippen LogP contribution in [0.2, 0.25) is 0 Å². The summed E-state index contributed by atoms with van der Waals surface area (Å²) >= 11 is 0. The molecule has 0 N–H and O–H groups in total. The van der Waals surface area contributed by atoms with E-state index in [2.05, 4.69) is 17.3 Å². The minimum atomic E-state index is -0.403. The van der Waals surface area contributed by atoms with Gasteiger partial charge in [0.05, 0.1) is 30.7 Å². The molecule has 156 valence electrons. The molecule has 1 saturated heterocycles. The number of fused-ring (bicyclic) bond motifs is 3. The van der Waals surface area contributed by atoms with Gasteiger partial charge in [-0.25, -0.2) is 4.79 Å². The summed E-state index contributed by atoms with van der Waals surface area (Å²) in [7, 11) is 1.34. The summed E-state index contributed by atoms with van der Waals surface area (Å²) in [6.45, 7) is 0. The second-order valence-corrected chi connectivity index (χ2v) is 8.72. The van der Waals surface area contributed by atoms with Gasteiger partial charge in [0.2, 0.25) is 0 Å². The Kier molecular flexibility index (Phi) is 3.70. The third-order valence-electron chi connectivity index (χ3n) is 7.35. The number of hydrogen-bond acceptors (Lipinski definition) is 6. The standard InChI is InChI=1S/C24H20N2O5/c1-30-23(29)14-4-2-13(3-5-14)18-9-6-15(31-18)12-25-26-21(27)19-16-7-8-17(20(19)22(26)28)24(16)10-11-24/h2-9,12,16-17,19-20H,10-11H2,1H3. The molecule has 4 atom stereocenters. The Morgan fingerprint density at radius 2 is 1.71 bits per heavy atom. The summed E-state index contributed by atoms with van der Waals surface area (Å²) in [5.74, 6) is 0.0741. The van der Waals surface area contributed by atoms with E-state index in [9.17, 15) is 14.4 Å². The average Bonchev–Trinajstić information content (AvgIpc) is 3.07. The Bertz CT molecular complexity index is 1140. The third-order valence-corrected chi connectivity index (χ3v) is 7.35. The summed E-state index contributed by atoms with van der Waals surface area (Å²) < 4.78 is 10.5. The number of nitrogens with zero attached hydrogens (tertiary/aromatic N) is 2. The number of amides is 2. The molecule has 31 heavy (non-hydrogen) atoms. The van der Waals surface area contributed by atoms with Gasteiger partial charge in [-0.2, -0.15) is 10.1 Å². The van der Waals surface area contributed by atoms with Crippen molar-refractivity contribution in [2.24, 2.45) is 34.2 Å². The molecule has 2 amide bonds. The number of methoxy groups -OCH3 is 1. The number of imide groups is 1. The molecule has 6 rings (SSSR count). The Morgan fingerprint density at radius 1 is 1.06 bits per heavy atom. The highest BCUT2D eigenvalue weighted by Gasteiger charge is 2.73. The van der Waals surface area contributed by atoms with Crippen LogP contribution in [-0.4, -0.2) is 36.1 Å². The van der Waals surface area contributed by atoms with E-state index in [0.29, 0.717) is 17.1 Å². The van der Waals surface area contributed by atoms with Crippen LogP contribution in [0, 0.1) is 29.1 Å². The lowest BCUT2D eigenvalue weighted by molar-refractivity contribution is -0.141. The molecule has 1 aliphatic heterocycles. The highest BCUT2D eigenvalue weighted by Crippen LogP contribution is 2.73. The van der Waals surface area contributed by atoms with E-state index >= 15 is 0 Å². The average molecular weight is 416 g/mol. The van der Waals surface area contributed by atoms with Crippen molar-refractivity contribution in [1.29, 1.82) is 0 Å². The molecule has 1 aromatic heterocycles. The van der Waals surface area contributed by atoms with Crippen molar-refractivity contribution in [2.75, 3.05) is 7.11 Å². The summed E-state index contributed by atoms with van der Waals surface area (Å²) in [6.07, 6.45) is 7.91. The lowest BCUT2D eigenvalue weighted by Crippen LogP contribution is -2.30. The van der Waals surface area contributed by atoms with Gasteiger partial charge >= 0.3 is 5.97 Å². The first kappa shape index (κ1) is 18.3. The zero-order chi connectivity index (χ0) is 21.3. The van der Waals surface area contributed by atoms with Gasteiger partial charge in [-0.3, -0.25) is 9.59 Å². The maximum atomic E-state index is 13.0. The lowest BCUT2D eigenvalue weighted by atomic mass is 9.85. The van der Waals surface area contributed by atoms with Gasteiger partial charge in [0.25, 0.3) is 11.8 Å². The van der Waals surface area contributed by atoms with Crippen molar-refractivity contribution < 1.29 is 23.5 Å². The first-order chi connectivity index (χ1) is 15.0. The van der Waals surface area contributed by atoms with Crippen molar-refractivity contribution in [1.82, 2.24) is 5.01 Å². The molecule has 3 aliphatic carbocycles. The van der Waals surface area contributed by atoms with Gasteiger partial charge in [-0.15, -0.1) is 0 Å². The van der Waals surface area contributed by atoms with Crippen molar-refractivity contribution in [2.45, 2.75) is 12.8 Å². The van der Waals surface area contributed by atoms with Crippen molar-refractivity contribution in [3.05, 3.63) is 59.9 Å². The van der Waals surface area contributed by atoms with Crippen molar-refractivity contribution in [3.8, 4) is 11.3 Å². The molecule has 4 aliphatic rings. The molecule has 1 aromatic carbocycles. The number of hydrogen-bond donors (Lipinski definition) is 0. The van der Waals surface area contributed by atoms with Crippen LogP contribution in [0.4, 0.5) is 0 Å². The zero-order valence-corrected chi connectivity index (χ0v) is 16.9. The van der Waals surface area contributed by atoms with Crippen LogP contribution >= 0.6 is 0 Å². The number of esters is 1. The van der Waals surface area contributed by atoms with E-state index in [0.717, 1.165) is 23.4 Å². The van der Waals surface area contributed by atoms with Crippen LogP contribution in [0.15, 0.2) is 58.1 Å². The van der Waals surface area contributed by atoms with Crippen molar-refractivity contribution >= 4 is 24.0 Å². The predicted molar refractivity (Wildman–Crippen MR) is 110 cm³/mol. The zero-order valence-electron chi connectivity index (χ0n) is 16.9. The molecule has 2 aromatic rings. The quantitative estimate of drug-likeness (QED) is 0.330. The van der Waals surface area contributed by atoms with Gasteiger partial charge < -0.3 is 9.15 Å². The second kappa shape index (κ2) is 6.26. The Morgan fingerprint density at radius 3 is 2.29 bits per heavy atom. The predicted octanol–water partition coefficient (Wildman–Crippen LogP) is 3.26. The molecule has 2 bridgehead atoms. The van der Waals surface area contributed by atoms with E-state index in [4.69, 9.17) is 9.15 Å². The Labute approximate surface area is 178 Å². The first-order valence-corrected chi connectivity index (χ1v) is 10.4. The summed E-state index contributed by atoms with van der Waals surface area (Å²) in [5.41, 5.74) is 1.41. The third kappa shape index (κ3) is 2.46. The number of rotatable bonds is 4. The van der Waals surface area contributed by atoms with Gasteiger partial charge in [0.15, 0.2) is 0 Å². The van der Waals surface area contributed by atoms with Gasteiger partial charge in [0.1, 0.15) is 11.5 Å². The van der Waals surface area contributed by atoms with Gasteiger partial charge in [-0.1, -0.05) is 24.3 Å². The van der Waals surface area contributed by atoms with Gasteiger partial charge in [0, 0.05) is 5.56 Å². The largest absolute Gasteiger partial charge is 0.465 e. The molecule has 0 radical (unpaired) electrons. The molecule has 2 heterocycles. The van der Waals surface area contributed by atoms with E-state index < -0.39 is 5.97 Å². The van der Waals surface area contributed by atoms with E-state index in [1.165, 1.54) is 13.3 Å². The monoisotopic (exact) mass is 416 g/mol. The molecule has 7 heteroatoms. The fourth-order valence-corrected chi connectivity index (χ4v) is 5.76. The van der Waals surface area contributed by atoms with Crippen LogP contribution in [0.5, 0.6) is 0 Å². The smallest absolute Gasteiger partial charge is 0.337 e. The Hall–Kier alpha value is -3.48. The Balaban J connectivity index is 1.19. The number of hydrazone groups is 1. The van der Waals surface area contributed by atoms with Crippen LogP contribution in [0.3, 0.4) is 0 Å². The van der Waals surface area contributed by atoms with Crippen LogP contribution < -0.4 is 0 Å². The minimum Gasteiger partial charge on any atom is -0.465 e. The summed E-state index contributed by atoms with van der Waals surface area (Å²) in [4.78, 5) is 37.5. The first-order valence-electron chi connectivity index (χ1n) is 10.4. The van der Waals surface area contributed by atoms with E-state index in [-0.39, 0.29) is 40.9 Å². The number of carbonyl (C=O) groups excluding carboxylic acids is 3. The minimum absolute atomic E-state index is 0.176. The normalized spacial score (nSPS) is 29.4. The number of allylic oxidation sites excluding steroid dienone is 2. The summed E-state index contributed by atoms with van der Waals surface area (Å²) in [6, 6.07) is 10.3. The highest BCUT2D eigenvalue weighted by atomic mass is 16.5. The van der Waals surface area contributed by atoms with E-state index in [1.807, 2.05) is 0 Å². The number of ether oxygens (including phenoxy) is 1. The van der Waals surface area contributed by atoms with Crippen LogP contribution in [-0.2, 0) is 14.3 Å². The molecular formula is C24H20N2O5. The number of carbonyl (C=O) groups is 3. The lowest BCUT2D eigenvalue weighted by Gasteiger charge is -2.18. The second-order valence-electron chi connectivity index (χ2n) is 8.72. The van der Waals surface area contributed by atoms with Crippen molar-refractivity contribution in [3.63, 3.8) is 0 Å². The van der Waals surface area contributed by atoms with Crippen LogP contribution in [0.25, 0.3) is 11.3 Å². The number of benzene rings is 1. The molecule has 3 fully saturated rings. The topological polar surface area (TPSA) is 89.2 Å². The SMILES string of the molecule is COC(=O)c1ccc(-c2ccc(C=NN3C(=O)C4C(C3=O)C3C=CC4C34CC4)o2)cc1. The molecular weight excluding hydrogens is 396 g/mol. The highest BCUT2D eigenvalue weighted by molar-refractivity contribution is 6.07. The molecule has 7 nitrogen and oxygen atoms in total. The summed E-state index contributed by atoms with van der Waals surface area (Å²) in [5, 5.41) is 5.22. The fraction of sp³-hybridized carbons (Fsp3) is 0.333. The van der Waals surface area contributed by atoms with Gasteiger partial charge in [-0.05, 0) is 54.4 Å². The maximum Gasteiger partial charge on any atom is 0.337 e. The molecule has 1 spiro atoms. The van der Waals surface area contributed by atoms with E-state index in [1.54, 1.807) is 36.4 Å². The molecule has 2 saturated carbocycles. The maximum absolute atomic E-state index is 13.0. The molecule has 4 unspecified atom stereocenters. The fourth-order valence-electron chi connectivity index (χ4n) is 5.76.